The molecule has 1 aliphatic heterocycles. The van der Waals surface area contributed by atoms with E-state index in [4.69, 9.17) is 5.73 Å². The van der Waals surface area contributed by atoms with Gasteiger partial charge in [-0.2, -0.15) is 0 Å². The molecule has 0 bridgehead atoms. The molecule has 0 fully saturated rings. The van der Waals surface area contributed by atoms with Crippen LogP contribution in [0, 0.1) is 0 Å². The Morgan fingerprint density at radius 3 is 3.00 bits per heavy atom. The molecule has 0 aromatic heterocycles. The van der Waals surface area contributed by atoms with Crippen molar-refractivity contribution in [3.05, 3.63) is 11.5 Å². The Morgan fingerprint density at radius 1 is 1.90 bits per heavy atom. The number of carbonyl (C=O) groups excluding carboxylic acids is 1. The molecule has 3 heteroatoms. The zero-order valence-electron chi connectivity index (χ0n) is 5.96. The molecule has 1 rings (SSSR count). The van der Waals surface area contributed by atoms with Crippen LogP contribution in [0.3, 0.4) is 0 Å². The van der Waals surface area contributed by atoms with E-state index < -0.39 is 0 Å². The Hall–Kier alpha value is -0.440. The van der Waals surface area contributed by atoms with E-state index in [2.05, 4.69) is 13.0 Å². The highest BCUT2D eigenvalue weighted by atomic mass is 32.2. The quantitative estimate of drug-likeness (QED) is 0.656. The molecule has 1 aliphatic rings. The van der Waals surface area contributed by atoms with Gasteiger partial charge in [-0.3, -0.25) is 4.79 Å². The van der Waals surface area contributed by atoms with Crippen LogP contribution in [0.4, 0.5) is 0 Å². The summed E-state index contributed by atoms with van der Waals surface area (Å²) >= 11 is 1.69. The van der Waals surface area contributed by atoms with E-state index in [1.807, 2.05) is 5.41 Å². The fraction of sp³-hybridized carbons (Fsp3) is 0.571. The first-order chi connectivity index (χ1) is 4.62. The predicted molar refractivity (Wildman–Crippen MR) is 43.6 cm³/mol. The maximum Gasteiger partial charge on any atom is 0.218 e. The Morgan fingerprint density at radius 2 is 2.60 bits per heavy atom. The summed E-state index contributed by atoms with van der Waals surface area (Å²) in [4.78, 5) is 10.5. The SMILES string of the molecule is CC1(CC(N)=O)CC=CS1. The molecular weight excluding hydrogens is 146 g/mol. The van der Waals surface area contributed by atoms with Gasteiger partial charge in [-0.25, -0.2) is 0 Å². The molecule has 1 amide bonds. The molecule has 1 unspecified atom stereocenters. The number of thioether (sulfide) groups is 1. The highest BCUT2D eigenvalue weighted by Gasteiger charge is 2.27. The molecule has 2 nitrogen and oxygen atoms in total. The number of hydrogen-bond donors (Lipinski definition) is 1. The molecule has 0 saturated carbocycles. The first-order valence-electron chi connectivity index (χ1n) is 3.23. The van der Waals surface area contributed by atoms with Crippen LogP contribution in [0.5, 0.6) is 0 Å². The van der Waals surface area contributed by atoms with Crippen LogP contribution in [0.1, 0.15) is 19.8 Å². The summed E-state index contributed by atoms with van der Waals surface area (Å²) in [7, 11) is 0. The number of hydrogen-bond acceptors (Lipinski definition) is 2. The van der Waals surface area contributed by atoms with Gasteiger partial charge >= 0.3 is 0 Å². The number of amides is 1. The first kappa shape index (κ1) is 7.66. The third kappa shape index (κ3) is 1.77. The molecule has 0 aromatic carbocycles. The van der Waals surface area contributed by atoms with Crippen molar-refractivity contribution < 1.29 is 4.79 Å². The molecule has 2 N–H and O–H groups in total. The van der Waals surface area contributed by atoms with Crippen LogP contribution in [-0.2, 0) is 4.79 Å². The Kier molecular flexibility index (Phi) is 2.04. The number of carbonyl (C=O) groups is 1. The summed E-state index contributed by atoms with van der Waals surface area (Å²) in [5.41, 5.74) is 5.08. The second-order valence-electron chi connectivity index (χ2n) is 2.79. The van der Waals surface area contributed by atoms with Crippen LogP contribution in [0.25, 0.3) is 0 Å². The summed E-state index contributed by atoms with van der Waals surface area (Å²) in [5, 5.41) is 2.03. The lowest BCUT2D eigenvalue weighted by Gasteiger charge is -2.19. The molecule has 10 heavy (non-hydrogen) atoms. The van der Waals surface area contributed by atoms with Crippen LogP contribution in [0.15, 0.2) is 11.5 Å². The van der Waals surface area contributed by atoms with E-state index in [0.29, 0.717) is 6.42 Å². The maximum atomic E-state index is 10.5. The lowest BCUT2D eigenvalue weighted by atomic mass is 10.0. The molecule has 1 atom stereocenters. The molecule has 0 radical (unpaired) electrons. The van der Waals surface area contributed by atoms with Gasteiger partial charge < -0.3 is 5.73 Å². The van der Waals surface area contributed by atoms with Gasteiger partial charge in [0.1, 0.15) is 0 Å². The van der Waals surface area contributed by atoms with E-state index in [1.165, 1.54) is 0 Å². The Labute approximate surface area is 64.9 Å². The Balaban J connectivity index is 2.46. The fourth-order valence-corrected chi connectivity index (χ4v) is 1.98. The topological polar surface area (TPSA) is 43.1 Å². The number of nitrogens with two attached hydrogens (primary N) is 1. The second kappa shape index (κ2) is 2.66. The molecular formula is C7H11NOS. The highest BCUT2D eigenvalue weighted by molar-refractivity contribution is 8.03. The van der Waals surface area contributed by atoms with Gasteiger partial charge in [-0.1, -0.05) is 6.08 Å². The third-order valence-corrected chi connectivity index (χ3v) is 2.76. The summed E-state index contributed by atoms with van der Waals surface area (Å²) in [6.07, 6.45) is 3.51. The molecule has 1 heterocycles. The zero-order valence-corrected chi connectivity index (χ0v) is 6.78. The van der Waals surface area contributed by atoms with Crippen LogP contribution < -0.4 is 5.73 Å². The van der Waals surface area contributed by atoms with Crippen molar-refractivity contribution in [3.8, 4) is 0 Å². The Bertz CT molecular complexity index is 168. The van der Waals surface area contributed by atoms with Crippen molar-refractivity contribution in [1.82, 2.24) is 0 Å². The first-order valence-corrected chi connectivity index (χ1v) is 4.11. The molecule has 0 aromatic rings. The zero-order chi connectivity index (χ0) is 7.61. The van der Waals surface area contributed by atoms with E-state index in [-0.39, 0.29) is 10.7 Å². The molecule has 0 saturated heterocycles. The van der Waals surface area contributed by atoms with Gasteiger partial charge in [0, 0.05) is 11.2 Å². The van der Waals surface area contributed by atoms with Gasteiger partial charge in [0.25, 0.3) is 0 Å². The summed E-state index contributed by atoms with van der Waals surface area (Å²) in [5.74, 6) is -0.210. The highest BCUT2D eigenvalue weighted by Crippen LogP contribution is 2.38. The van der Waals surface area contributed by atoms with Gasteiger partial charge in [0.2, 0.25) is 5.91 Å². The van der Waals surface area contributed by atoms with Crippen molar-refractivity contribution in [3.63, 3.8) is 0 Å². The summed E-state index contributed by atoms with van der Waals surface area (Å²) in [6, 6.07) is 0. The van der Waals surface area contributed by atoms with Gasteiger partial charge in [0.05, 0.1) is 0 Å². The minimum atomic E-state index is -0.210. The average Bonchev–Trinajstić information content (AvgIpc) is 2.12. The van der Waals surface area contributed by atoms with E-state index in [0.717, 1.165) is 6.42 Å². The van der Waals surface area contributed by atoms with E-state index >= 15 is 0 Å². The van der Waals surface area contributed by atoms with Crippen LogP contribution in [0.2, 0.25) is 0 Å². The summed E-state index contributed by atoms with van der Waals surface area (Å²) in [6.45, 7) is 2.06. The largest absolute Gasteiger partial charge is 0.370 e. The number of rotatable bonds is 2. The normalized spacial score (nSPS) is 30.9. The van der Waals surface area contributed by atoms with Crippen LogP contribution in [-0.4, -0.2) is 10.7 Å². The predicted octanol–water partition coefficient (Wildman–Crippen LogP) is 1.27. The van der Waals surface area contributed by atoms with Gasteiger partial charge in [-0.15, -0.1) is 11.8 Å². The van der Waals surface area contributed by atoms with Crippen molar-refractivity contribution in [2.45, 2.75) is 24.5 Å². The summed E-state index contributed by atoms with van der Waals surface area (Å²) < 4.78 is 0.0475. The van der Waals surface area contributed by atoms with Gasteiger partial charge in [0.15, 0.2) is 0 Å². The second-order valence-corrected chi connectivity index (χ2v) is 4.28. The molecule has 56 valence electrons. The lowest BCUT2D eigenvalue weighted by molar-refractivity contribution is -0.118. The van der Waals surface area contributed by atoms with E-state index in [1.54, 1.807) is 11.8 Å². The lowest BCUT2D eigenvalue weighted by Crippen LogP contribution is -2.25. The van der Waals surface area contributed by atoms with Crippen LogP contribution >= 0.6 is 11.8 Å². The third-order valence-electron chi connectivity index (χ3n) is 1.55. The molecule has 0 aliphatic carbocycles. The van der Waals surface area contributed by atoms with Gasteiger partial charge in [-0.05, 0) is 18.8 Å². The monoisotopic (exact) mass is 157 g/mol. The fourth-order valence-electron chi connectivity index (χ4n) is 1.04. The minimum absolute atomic E-state index is 0.0475. The minimum Gasteiger partial charge on any atom is -0.370 e. The van der Waals surface area contributed by atoms with Crippen molar-refractivity contribution in [1.29, 1.82) is 0 Å². The van der Waals surface area contributed by atoms with E-state index in [9.17, 15) is 4.79 Å². The van der Waals surface area contributed by atoms with Crippen molar-refractivity contribution >= 4 is 17.7 Å². The number of primary amides is 1. The standard InChI is InChI=1S/C7H11NOS/c1-7(5-6(8)9)3-2-4-10-7/h2,4H,3,5H2,1H3,(H2,8,9). The smallest absolute Gasteiger partial charge is 0.218 e. The maximum absolute atomic E-state index is 10.5. The number of allylic oxidation sites excluding steroid dienone is 1. The average molecular weight is 157 g/mol. The molecule has 0 spiro atoms. The van der Waals surface area contributed by atoms with Crippen molar-refractivity contribution in [2.24, 2.45) is 5.73 Å². The van der Waals surface area contributed by atoms with Crippen molar-refractivity contribution in [2.75, 3.05) is 0 Å².